The van der Waals surface area contributed by atoms with Crippen molar-refractivity contribution in [3.05, 3.63) is 273 Å². The van der Waals surface area contributed by atoms with Gasteiger partial charge in [0.15, 0.2) is 0 Å². The molecule has 2 heterocycles. The molecular weight excluding hydrogens is 849 g/mol. The van der Waals surface area contributed by atoms with E-state index in [2.05, 4.69) is 292 Å². The second kappa shape index (κ2) is 17.4. The molecule has 0 aliphatic carbocycles. The van der Waals surface area contributed by atoms with Gasteiger partial charge in [-0.25, -0.2) is 0 Å². The molecule has 2 aromatic heterocycles. The van der Waals surface area contributed by atoms with Crippen LogP contribution in [-0.2, 0) is 0 Å². The molecule has 0 bridgehead atoms. The zero-order chi connectivity index (χ0) is 46.4. The molecule has 0 amide bonds. The van der Waals surface area contributed by atoms with Crippen LogP contribution in [0.3, 0.4) is 0 Å². The maximum Gasteiger partial charge on any atom is 0.0562 e. The van der Waals surface area contributed by atoms with Gasteiger partial charge >= 0.3 is 0 Å². The predicted molar refractivity (Wildman–Crippen MR) is 296 cm³/mol. The van der Waals surface area contributed by atoms with Crippen LogP contribution in [0.4, 0.5) is 28.4 Å². The zero-order valence-corrected chi connectivity index (χ0v) is 38.3. The molecule has 0 aliphatic rings. The summed E-state index contributed by atoms with van der Waals surface area (Å²) in [6.45, 7) is 0. The number of nitrogens with zero attached hydrogens (tertiary/aromatic N) is 3. The van der Waals surface area contributed by atoms with Gasteiger partial charge in [0.05, 0.1) is 22.1 Å². The number of rotatable bonds is 10. The van der Waals surface area contributed by atoms with E-state index in [1.165, 1.54) is 49.2 Å². The molecule has 4 nitrogen and oxygen atoms in total. The Balaban J connectivity index is 0.920. The monoisotopic (exact) mass is 894 g/mol. The van der Waals surface area contributed by atoms with Gasteiger partial charge in [0.2, 0.25) is 0 Å². The van der Waals surface area contributed by atoms with Crippen molar-refractivity contribution in [3.8, 4) is 44.8 Å². The summed E-state index contributed by atoms with van der Waals surface area (Å²) in [5.41, 5.74) is 19.4. The summed E-state index contributed by atoms with van der Waals surface area (Å²) in [4.78, 5) is 2.31. The van der Waals surface area contributed by atoms with E-state index in [0.29, 0.717) is 0 Å². The van der Waals surface area contributed by atoms with Crippen LogP contribution in [0.1, 0.15) is 0 Å². The Morgan fingerprint density at radius 3 is 1.33 bits per heavy atom. The number of para-hydroxylation sites is 5. The van der Waals surface area contributed by atoms with Crippen molar-refractivity contribution in [3.63, 3.8) is 0 Å². The third kappa shape index (κ3) is 7.18. The van der Waals surface area contributed by atoms with E-state index in [1.807, 2.05) is 0 Å². The Bertz CT molecular complexity index is 3950. The van der Waals surface area contributed by atoms with E-state index >= 15 is 0 Å². The Morgan fingerprint density at radius 1 is 0.271 bits per heavy atom. The predicted octanol–water partition coefficient (Wildman–Crippen LogP) is 18.1. The van der Waals surface area contributed by atoms with Crippen molar-refractivity contribution in [1.82, 2.24) is 9.13 Å². The van der Waals surface area contributed by atoms with Gasteiger partial charge in [0, 0.05) is 66.9 Å². The molecule has 1 N–H and O–H groups in total. The lowest BCUT2D eigenvalue weighted by Gasteiger charge is -2.25. The number of hydrogen-bond acceptors (Lipinski definition) is 2. The minimum absolute atomic E-state index is 1.05. The van der Waals surface area contributed by atoms with Gasteiger partial charge in [-0.15, -0.1) is 0 Å². The summed E-state index contributed by atoms with van der Waals surface area (Å²) in [7, 11) is 0. The van der Waals surface area contributed by atoms with Crippen LogP contribution in [-0.4, -0.2) is 9.13 Å². The third-order valence-corrected chi connectivity index (χ3v) is 13.7. The summed E-state index contributed by atoms with van der Waals surface area (Å²) in [5.74, 6) is 0. The molecule has 70 heavy (non-hydrogen) atoms. The van der Waals surface area contributed by atoms with Crippen molar-refractivity contribution >= 4 is 72.0 Å². The highest BCUT2D eigenvalue weighted by molar-refractivity contribution is 6.16. The minimum Gasteiger partial charge on any atom is -0.354 e. The average molecular weight is 895 g/mol. The van der Waals surface area contributed by atoms with Gasteiger partial charge in [-0.3, -0.25) is 0 Å². The highest BCUT2D eigenvalue weighted by atomic mass is 15.1. The standard InChI is InChI=1S/C66H46N4/c1-6-19-47(20-7-1)57-43-49(35-40-60(57)67-61-30-18-32-65-66(61)56-29-16-17-31-62(56)70(65)54-27-14-5-15-28-54)50-37-42-64-59(45-50)58-44-48(36-41-63(58)69(64)53-25-12-4-13-26-53)46-33-38-55(39-34-46)68(51-21-8-2-9-22-51)52-23-10-3-11-24-52/h1-45,67H. The zero-order valence-electron chi connectivity index (χ0n) is 38.3. The fraction of sp³-hybridized carbons (Fsp3) is 0. The molecule has 13 rings (SSSR count). The van der Waals surface area contributed by atoms with E-state index in [9.17, 15) is 0 Å². The van der Waals surface area contributed by atoms with Crippen molar-refractivity contribution in [2.24, 2.45) is 0 Å². The quantitative estimate of drug-likeness (QED) is 0.148. The first-order chi connectivity index (χ1) is 34.7. The van der Waals surface area contributed by atoms with Crippen molar-refractivity contribution in [2.45, 2.75) is 0 Å². The molecule has 0 radical (unpaired) electrons. The smallest absolute Gasteiger partial charge is 0.0562 e. The topological polar surface area (TPSA) is 25.1 Å². The van der Waals surface area contributed by atoms with Crippen LogP contribution in [0.5, 0.6) is 0 Å². The van der Waals surface area contributed by atoms with Gasteiger partial charge in [0.1, 0.15) is 0 Å². The molecule has 11 aromatic carbocycles. The molecule has 4 heteroatoms. The third-order valence-electron chi connectivity index (χ3n) is 13.7. The summed E-state index contributed by atoms with van der Waals surface area (Å²) < 4.78 is 4.77. The summed E-state index contributed by atoms with van der Waals surface area (Å²) in [6.07, 6.45) is 0. The van der Waals surface area contributed by atoms with Gasteiger partial charge in [-0.1, -0.05) is 158 Å². The fourth-order valence-corrected chi connectivity index (χ4v) is 10.5. The lowest BCUT2D eigenvalue weighted by Crippen LogP contribution is -2.09. The van der Waals surface area contributed by atoms with Crippen LogP contribution in [0.2, 0.25) is 0 Å². The highest BCUT2D eigenvalue weighted by Crippen LogP contribution is 2.43. The Kier molecular flexibility index (Phi) is 10.1. The summed E-state index contributed by atoms with van der Waals surface area (Å²) >= 11 is 0. The first kappa shape index (κ1) is 40.9. The number of fused-ring (bicyclic) bond motifs is 6. The SMILES string of the molecule is c1ccc(-c2cc(-c3ccc4c(c3)c3cc(-c5ccc(N(c6ccccc6)c6ccccc6)cc5)ccc3n4-c3ccccc3)ccc2Nc2cccc3c2c2ccccc2n3-c2ccccc2)cc1. The molecule has 0 fully saturated rings. The number of nitrogens with one attached hydrogen (secondary N) is 1. The fourth-order valence-electron chi connectivity index (χ4n) is 10.5. The molecule has 0 unspecified atom stereocenters. The van der Waals surface area contributed by atoms with E-state index < -0.39 is 0 Å². The van der Waals surface area contributed by atoms with Gasteiger partial charge in [-0.2, -0.15) is 0 Å². The lowest BCUT2D eigenvalue weighted by molar-refractivity contribution is 1.18. The number of aromatic nitrogens is 2. The lowest BCUT2D eigenvalue weighted by atomic mass is 9.96. The van der Waals surface area contributed by atoms with Crippen LogP contribution in [0.25, 0.3) is 88.4 Å². The van der Waals surface area contributed by atoms with Crippen LogP contribution < -0.4 is 10.2 Å². The molecule has 0 atom stereocenters. The largest absolute Gasteiger partial charge is 0.354 e. The molecule has 0 saturated heterocycles. The second-order valence-electron chi connectivity index (χ2n) is 17.8. The average Bonchev–Trinajstić information content (AvgIpc) is 3.95. The molecule has 0 spiro atoms. The van der Waals surface area contributed by atoms with E-state index in [0.717, 1.165) is 67.6 Å². The van der Waals surface area contributed by atoms with Crippen LogP contribution >= 0.6 is 0 Å². The van der Waals surface area contributed by atoms with Crippen molar-refractivity contribution < 1.29 is 0 Å². The molecule has 0 aliphatic heterocycles. The highest BCUT2D eigenvalue weighted by Gasteiger charge is 2.19. The van der Waals surface area contributed by atoms with Crippen molar-refractivity contribution in [1.29, 1.82) is 0 Å². The van der Waals surface area contributed by atoms with E-state index in [4.69, 9.17) is 0 Å². The van der Waals surface area contributed by atoms with E-state index in [-0.39, 0.29) is 0 Å². The molecule has 330 valence electrons. The Hall–Kier alpha value is -9.38. The maximum atomic E-state index is 3.95. The van der Waals surface area contributed by atoms with Crippen LogP contribution in [0.15, 0.2) is 273 Å². The molecule has 0 saturated carbocycles. The number of hydrogen-bond donors (Lipinski definition) is 1. The van der Waals surface area contributed by atoms with Gasteiger partial charge < -0.3 is 19.4 Å². The maximum absolute atomic E-state index is 3.95. The van der Waals surface area contributed by atoms with Crippen LogP contribution in [0, 0.1) is 0 Å². The van der Waals surface area contributed by atoms with Gasteiger partial charge in [-0.05, 0) is 143 Å². The summed E-state index contributed by atoms with van der Waals surface area (Å²) in [6, 6.07) is 98.3. The van der Waals surface area contributed by atoms with E-state index in [1.54, 1.807) is 0 Å². The molecular formula is C66H46N4. The summed E-state index contributed by atoms with van der Waals surface area (Å²) in [5, 5.41) is 8.78. The first-order valence-corrected chi connectivity index (χ1v) is 23.9. The first-order valence-electron chi connectivity index (χ1n) is 23.9. The van der Waals surface area contributed by atoms with Gasteiger partial charge in [0.25, 0.3) is 0 Å². The Labute approximate surface area is 407 Å². The normalized spacial score (nSPS) is 11.4. The minimum atomic E-state index is 1.05. The number of benzene rings is 11. The van der Waals surface area contributed by atoms with Crippen molar-refractivity contribution in [2.75, 3.05) is 10.2 Å². The molecule has 13 aromatic rings. The Morgan fingerprint density at radius 2 is 0.714 bits per heavy atom. The second-order valence-corrected chi connectivity index (χ2v) is 17.8. The number of anilines is 5.